The number of nitrogens with zero attached hydrogens (tertiary/aromatic N) is 1. The molecule has 6 nitrogen and oxygen atoms in total. The number of esters is 1. The highest BCUT2D eigenvalue weighted by molar-refractivity contribution is 6.08. The first-order valence-corrected chi connectivity index (χ1v) is 6.98. The van der Waals surface area contributed by atoms with Crippen LogP contribution in [0.3, 0.4) is 0 Å². The molecule has 1 saturated carbocycles. The molecule has 1 aliphatic heterocycles. The molecule has 1 aliphatic carbocycles. The van der Waals surface area contributed by atoms with E-state index in [1.54, 1.807) is 39.5 Å². The van der Waals surface area contributed by atoms with E-state index in [4.69, 9.17) is 18.9 Å². The fourth-order valence-electron chi connectivity index (χ4n) is 2.27. The average molecular weight is 303 g/mol. The number of benzene rings is 1. The molecule has 1 aromatic carbocycles. The van der Waals surface area contributed by atoms with Gasteiger partial charge in [-0.2, -0.15) is 0 Å². The molecule has 0 amide bonds. The lowest BCUT2D eigenvalue weighted by Gasteiger charge is -2.12. The number of rotatable bonds is 5. The molecular formula is C16H17NO5. The number of cyclic esters (lactones) is 1. The number of methoxy groups -OCH3 is 3. The van der Waals surface area contributed by atoms with Crippen LogP contribution in [0.4, 0.5) is 0 Å². The zero-order chi connectivity index (χ0) is 15.7. The Hall–Kier alpha value is -2.50. The summed E-state index contributed by atoms with van der Waals surface area (Å²) >= 11 is 0. The number of hydrogen-bond donors (Lipinski definition) is 0. The molecule has 0 saturated heterocycles. The van der Waals surface area contributed by atoms with Crippen molar-refractivity contribution in [2.75, 3.05) is 21.3 Å². The number of carbonyl (C=O) groups excluding carboxylic acids is 1. The molecule has 3 rings (SSSR count). The maximum Gasteiger partial charge on any atom is 0.363 e. The van der Waals surface area contributed by atoms with E-state index in [2.05, 4.69) is 4.99 Å². The highest BCUT2D eigenvalue weighted by atomic mass is 16.6. The summed E-state index contributed by atoms with van der Waals surface area (Å²) in [6.45, 7) is 0. The van der Waals surface area contributed by atoms with Gasteiger partial charge in [-0.3, -0.25) is 0 Å². The van der Waals surface area contributed by atoms with E-state index in [1.165, 1.54) is 0 Å². The van der Waals surface area contributed by atoms with Crippen molar-refractivity contribution in [1.82, 2.24) is 0 Å². The van der Waals surface area contributed by atoms with Crippen LogP contribution in [0.25, 0.3) is 6.08 Å². The van der Waals surface area contributed by atoms with Crippen LogP contribution in [0, 0.1) is 5.92 Å². The summed E-state index contributed by atoms with van der Waals surface area (Å²) in [6.07, 6.45) is 3.72. The third-order valence-electron chi connectivity index (χ3n) is 3.55. The predicted molar refractivity (Wildman–Crippen MR) is 80.3 cm³/mol. The zero-order valence-corrected chi connectivity index (χ0v) is 12.7. The summed E-state index contributed by atoms with van der Waals surface area (Å²) < 4.78 is 21.0. The Bertz CT molecular complexity index is 648. The first-order chi connectivity index (χ1) is 10.7. The van der Waals surface area contributed by atoms with Crippen molar-refractivity contribution in [2.45, 2.75) is 12.8 Å². The van der Waals surface area contributed by atoms with E-state index < -0.39 is 5.97 Å². The van der Waals surface area contributed by atoms with Crippen molar-refractivity contribution in [1.29, 1.82) is 0 Å². The minimum Gasteiger partial charge on any atom is -0.493 e. The van der Waals surface area contributed by atoms with Gasteiger partial charge in [0.1, 0.15) is 0 Å². The number of aliphatic imine (C=N–C) groups is 1. The summed E-state index contributed by atoms with van der Waals surface area (Å²) in [5.41, 5.74) is 1.01. The van der Waals surface area contributed by atoms with Gasteiger partial charge >= 0.3 is 5.97 Å². The van der Waals surface area contributed by atoms with E-state index in [0.29, 0.717) is 29.1 Å². The van der Waals surface area contributed by atoms with Gasteiger partial charge in [-0.25, -0.2) is 9.79 Å². The molecule has 0 unspecified atom stereocenters. The molecule has 0 bridgehead atoms. The Morgan fingerprint density at radius 2 is 1.77 bits per heavy atom. The maximum atomic E-state index is 11.9. The van der Waals surface area contributed by atoms with Crippen LogP contribution in [0.5, 0.6) is 17.2 Å². The van der Waals surface area contributed by atoms with E-state index in [9.17, 15) is 4.79 Å². The molecule has 0 aromatic heterocycles. The topological polar surface area (TPSA) is 66.4 Å². The molecule has 0 radical (unpaired) electrons. The minimum atomic E-state index is -0.421. The lowest BCUT2D eigenvalue weighted by molar-refractivity contribution is -0.130. The van der Waals surface area contributed by atoms with Crippen LogP contribution in [0.2, 0.25) is 0 Å². The van der Waals surface area contributed by atoms with Gasteiger partial charge in [0, 0.05) is 5.92 Å². The second-order valence-corrected chi connectivity index (χ2v) is 5.10. The maximum absolute atomic E-state index is 11.9. The van der Waals surface area contributed by atoms with Crippen molar-refractivity contribution in [3.05, 3.63) is 23.4 Å². The SMILES string of the molecule is COc1cc(/C=C2/N=C(C3CC3)OC2=O)cc(OC)c1OC. The Labute approximate surface area is 128 Å². The summed E-state index contributed by atoms with van der Waals surface area (Å²) in [4.78, 5) is 16.1. The first-order valence-electron chi connectivity index (χ1n) is 6.98. The molecule has 1 heterocycles. The highest BCUT2D eigenvalue weighted by Gasteiger charge is 2.35. The van der Waals surface area contributed by atoms with Crippen LogP contribution >= 0.6 is 0 Å². The molecular weight excluding hydrogens is 286 g/mol. The van der Waals surface area contributed by atoms with E-state index in [1.807, 2.05) is 0 Å². The first kappa shape index (κ1) is 14.4. The van der Waals surface area contributed by atoms with E-state index in [-0.39, 0.29) is 5.70 Å². The van der Waals surface area contributed by atoms with Crippen molar-refractivity contribution in [2.24, 2.45) is 10.9 Å². The van der Waals surface area contributed by atoms with Crippen molar-refractivity contribution < 1.29 is 23.7 Å². The van der Waals surface area contributed by atoms with Crippen LogP contribution in [0.15, 0.2) is 22.8 Å². The van der Waals surface area contributed by atoms with Crippen LogP contribution < -0.4 is 14.2 Å². The quantitative estimate of drug-likeness (QED) is 0.617. The molecule has 0 atom stereocenters. The third-order valence-corrected chi connectivity index (χ3v) is 3.55. The zero-order valence-electron chi connectivity index (χ0n) is 12.7. The molecule has 6 heteroatoms. The fourth-order valence-corrected chi connectivity index (χ4v) is 2.27. The molecule has 2 aliphatic rings. The smallest absolute Gasteiger partial charge is 0.363 e. The lowest BCUT2D eigenvalue weighted by Crippen LogP contribution is -2.05. The van der Waals surface area contributed by atoms with Gasteiger partial charge in [-0.15, -0.1) is 0 Å². The molecule has 1 fully saturated rings. The Kier molecular flexibility index (Phi) is 3.75. The van der Waals surface area contributed by atoms with Gasteiger partial charge in [0.2, 0.25) is 11.6 Å². The van der Waals surface area contributed by atoms with Gasteiger partial charge in [0.05, 0.1) is 21.3 Å². The highest BCUT2D eigenvalue weighted by Crippen LogP contribution is 2.39. The second-order valence-electron chi connectivity index (χ2n) is 5.10. The standard InChI is InChI=1S/C16H17NO5/c1-19-12-7-9(8-13(20-2)14(12)21-3)6-11-16(18)22-15(17-11)10-4-5-10/h6-8,10H,4-5H2,1-3H3/b11-6+. The van der Waals surface area contributed by atoms with Crippen molar-refractivity contribution in [3.8, 4) is 17.2 Å². The van der Waals surface area contributed by atoms with E-state index in [0.717, 1.165) is 18.4 Å². The Morgan fingerprint density at radius 3 is 2.27 bits per heavy atom. The number of hydrogen-bond acceptors (Lipinski definition) is 6. The monoisotopic (exact) mass is 303 g/mol. The third kappa shape index (κ3) is 2.64. The Morgan fingerprint density at radius 1 is 1.14 bits per heavy atom. The summed E-state index contributed by atoms with van der Waals surface area (Å²) in [5, 5.41) is 0. The van der Waals surface area contributed by atoms with Gasteiger partial charge in [-0.05, 0) is 36.6 Å². The normalized spacial score (nSPS) is 19.0. The largest absolute Gasteiger partial charge is 0.493 e. The fraction of sp³-hybridized carbons (Fsp3) is 0.375. The number of carbonyl (C=O) groups is 1. The van der Waals surface area contributed by atoms with Gasteiger partial charge < -0.3 is 18.9 Å². The van der Waals surface area contributed by atoms with Crippen LogP contribution in [-0.2, 0) is 9.53 Å². The Balaban J connectivity index is 1.98. The minimum absolute atomic E-state index is 0.288. The molecule has 1 aromatic rings. The van der Waals surface area contributed by atoms with E-state index >= 15 is 0 Å². The summed E-state index contributed by atoms with van der Waals surface area (Å²) in [7, 11) is 4.63. The summed E-state index contributed by atoms with van der Waals surface area (Å²) in [5.74, 6) is 1.95. The average Bonchev–Trinajstić information content (AvgIpc) is 3.31. The van der Waals surface area contributed by atoms with Gasteiger partial charge in [0.15, 0.2) is 17.2 Å². The van der Waals surface area contributed by atoms with Crippen molar-refractivity contribution >= 4 is 17.9 Å². The molecule has 0 spiro atoms. The van der Waals surface area contributed by atoms with Crippen LogP contribution in [-0.4, -0.2) is 33.2 Å². The number of ether oxygens (including phenoxy) is 4. The molecule has 0 N–H and O–H groups in total. The lowest BCUT2D eigenvalue weighted by atomic mass is 10.1. The molecule has 22 heavy (non-hydrogen) atoms. The second kappa shape index (κ2) is 5.71. The predicted octanol–water partition coefficient (Wildman–Crippen LogP) is 2.42. The van der Waals surface area contributed by atoms with Gasteiger partial charge in [0.25, 0.3) is 0 Å². The van der Waals surface area contributed by atoms with Gasteiger partial charge in [-0.1, -0.05) is 0 Å². The molecule has 116 valence electrons. The van der Waals surface area contributed by atoms with Crippen molar-refractivity contribution in [3.63, 3.8) is 0 Å². The van der Waals surface area contributed by atoms with Crippen LogP contribution in [0.1, 0.15) is 18.4 Å². The summed E-state index contributed by atoms with van der Waals surface area (Å²) in [6, 6.07) is 3.51.